The Morgan fingerprint density at radius 1 is 1.16 bits per heavy atom. The summed E-state index contributed by atoms with van der Waals surface area (Å²) in [6.07, 6.45) is 2.48. The summed E-state index contributed by atoms with van der Waals surface area (Å²) >= 11 is 1.37. The second-order valence-corrected chi connectivity index (χ2v) is 7.58. The van der Waals surface area contributed by atoms with Crippen LogP contribution in [0.4, 0.5) is 10.5 Å². The van der Waals surface area contributed by atoms with Gasteiger partial charge in [0.15, 0.2) is 5.65 Å². The molecule has 0 aliphatic carbocycles. The number of thiophene rings is 1. The number of carbonyl (C=O) groups excluding carboxylic acids is 3. The van der Waals surface area contributed by atoms with E-state index in [0.717, 1.165) is 5.56 Å². The third-order valence-electron chi connectivity index (χ3n) is 4.50. The van der Waals surface area contributed by atoms with E-state index in [9.17, 15) is 14.4 Å². The molecular weight excluding hydrogens is 430 g/mol. The zero-order chi connectivity index (χ0) is 22.5. The third kappa shape index (κ3) is 4.49. The van der Waals surface area contributed by atoms with Gasteiger partial charge in [0, 0.05) is 17.4 Å². The molecule has 1 aromatic carbocycles. The maximum absolute atomic E-state index is 12.8. The third-order valence-corrected chi connectivity index (χ3v) is 5.37. The fraction of sp³-hybridized carbons (Fsp3) is 0.136. The molecule has 3 heterocycles. The highest BCUT2D eigenvalue weighted by atomic mass is 32.1. The second-order valence-electron chi connectivity index (χ2n) is 6.63. The van der Waals surface area contributed by atoms with Crippen molar-refractivity contribution in [2.45, 2.75) is 6.92 Å². The van der Waals surface area contributed by atoms with Gasteiger partial charge in [0.05, 0.1) is 28.9 Å². The number of anilines is 1. The number of aromatic nitrogens is 3. The number of fused-ring (bicyclic) bond motifs is 1. The number of nitrogens with zero attached hydrogens (tertiary/aromatic N) is 3. The number of rotatable bonds is 7. The minimum absolute atomic E-state index is 0.130. The molecule has 0 saturated heterocycles. The zero-order valence-electron chi connectivity index (χ0n) is 17.1. The molecule has 0 saturated carbocycles. The van der Waals surface area contributed by atoms with E-state index in [1.807, 2.05) is 17.5 Å². The van der Waals surface area contributed by atoms with Gasteiger partial charge in [-0.15, -0.1) is 11.3 Å². The van der Waals surface area contributed by atoms with E-state index in [1.165, 1.54) is 17.5 Å². The fourth-order valence-electron chi connectivity index (χ4n) is 3.11. The largest absolute Gasteiger partial charge is 0.450 e. The number of hydrogen-bond donors (Lipinski definition) is 2. The molecule has 0 bridgehead atoms. The van der Waals surface area contributed by atoms with E-state index >= 15 is 0 Å². The lowest BCUT2D eigenvalue weighted by Crippen LogP contribution is -2.33. The van der Waals surface area contributed by atoms with Gasteiger partial charge in [-0.05, 0) is 36.6 Å². The Hall–Kier alpha value is -4.05. The molecular formula is C22H19N5O4S. The van der Waals surface area contributed by atoms with Crippen molar-refractivity contribution < 1.29 is 19.1 Å². The molecule has 2 N–H and O–H groups in total. The smallest absolute Gasteiger partial charge is 0.407 e. The summed E-state index contributed by atoms with van der Waals surface area (Å²) in [5.74, 6) is -0.521. The van der Waals surface area contributed by atoms with Gasteiger partial charge in [-0.2, -0.15) is 5.10 Å². The molecule has 0 aliphatic rings. The summed E-state index contributed by atoms with van der Waals surface area (Å²) in [6.45, 7) is 1.70. The maximum atomic E-state index is 12.8. The SMILES string of the molecule is CCOC(=O)NCC(=O)Nc1cccc(-c2ccnc3c(C(=O)c4cccs4)cnn23)c1. The van der Waals surface area contributed by atoms with Crippen molar-refractivity contribution in [3.63, 3.8) is 0 Å². The number of hydrogen-bond acceptors (Lipinski definition) is 7. The number of benzene rings is 1. The van der Waals surface area contributed by atoms with E-state index in [4.69, 9.17) is 4.74 Å². The highest BCUT2D eigenvalue weighted by Crippen LogP contribution is 2.25. The van der Waals surface area contributed by atoms with Gasteiger partial charge in [0.1, 0.15) is 6.54 Å². The molecule has 9 nitrogen and oxygen atoms in total. The topological polar surface area (TPSA) is 115 Å². The van der Waals surface area contributed by atoms with E-state index in [-0.39, 0.29) is 18.9 Å². The first-order valence-corrected chi connectivity index (χ1v) is 10.7. The van der Waals surface area contributed by atoms with Crippen molar-refractivity contribution >= 4 is 40.5 Å². The lowest BCUT2D eigenvalue weighted by molar-refractivity contribution is -0.115. The number of ether oxygens (including phenoxy) is 1. The predicted molar refractivity (Wildman–Crippen MR) is 120 cm³/mol. The van der Waals surface area contributed by atoms with Crippen molar-refractivity contribution in [2.24, 2.45) is 0 Å². The summed E-state index contributed by atoms with van der Waals surface area (Å²) < 4.78 is 6.33. The van der Waals surface area contributed by atoms with Crippen molar-refractivity contribution in [2.75, 3.05) is 18.5 Å². The number of alkyl carbamates (subject to hydrolysis) is 1. The van der Waals surface area contributed by atoms with Crippen LogP contribution in [0.3, 0.4) is 0 Å². The first kappa shape index (κ1) is 21.2. The second kappa shape index (κ2) is 9.40. The molecule has 0 fully saturated rings. The van der Waals surface area contributed by atoms with Gasteiger partial charge in [-0.25, -0.2) is 14.3 Å². The molecule has 0 unspecified atom stereocenters. The number of nitrogens with one attached hydrogen (secondary N) is 2. The molecule has 10 heteroatoms. The van der Waals surface area contributed by atoms with E-state index in [2.05, 4.69) is 20.7 Å². The minimum atomic E-state index is -0.651. The van der Waals surface area contributed by atoms with Crippen LogP contribution >= 0.6 is 11.3 Å². The molecule has 0 radical (unpaired) electrons. The van der Waals surface area contributed by atoms with Crippen LogP contribution in [0.25, 0.3) is 16.9 Å². The number of amides is 2. The van der Waals surface area contributed by atoms with Crippen molar-refractivity contribution in [3.05, 3.63) is 70.7 Å². The van der Waals surface area contributed by atoms with Crippen LogP contribution in [-0.2, 0) is 9.53 Å². The van der Waals surface area contributed by atoms with Crippen LogP contribution < -0.4 is 10.6 Å². The average Bonchev–Trinajstić information content (AvgIpc) is 3.48. The summed E-state index contributed by atoms with van der Waals surface area (Å²) in [6, 6.07) is 12.5. The van der Waals surface area contributed by atoms with Crippen molar-refractivity contribution in [1.29, 1.82) is 0 Å². The summed E-state index contributed by atoms with van der Waals surface area (Å²) in [4.78, 5) is 41.2. The molecule has 162 valence electrons. The van der Waals surface area contributed by atoms with Crippen LogP contribution in [0.5, 0.6) is 0 Å². The van der Waals surface area contributed by atoms with Gasteiger partial charge in [0.25, 0.3) is 0 Å². The zero-order valence-corrected chi connectivity index (χ0v) is 17.9. The molecule has 0 aliphatic heterocycles. The molecule has 3 aromatic heterocycles. The Labute approximate surface area is 187 Å². The van der Waals surface area contributed by atoms with Crippen LogP contribution in [0.1, 0.15) is 22.2 Å². The Kier molecular flexibility index (Phi) is 6.22. The monoisotopic (exact) mass is 449 g/mol. The first-order chi connectivity index (χ1) is 15.6. The minimum Gasteiger partial charge on any atom is -0.450 e. The van der Waals surface area contributed by atoms with E-state index in [1.54, 1.807) is 48.0 Å². The highest BCUT2D eigenvalue weighted by molar-refractivity contribution is 7.12. The molecule has 4 aromatic rings. The molecule has 4 rings (SSSR count). The summed E-state index contributed by atoms with van der Waals surface area (Å²) in [7, 11) is 0. The number of carbonyl (C=O) groups is 3. The van der Waals surface area contributed by atoms with Crippen LogP contribution in [0.2, 0.25) is 0 Å². The summed E-state index contributed by atoms with van der Waals surface area (Å²) in [5.41, 5.74) is 2.90. The molecule has 2 amide bonds. The summed E-state index contributed by atoms with van der Waals surface area (Å²) in [5, 5.41) is 11.3. The number of ketones is 1. The predicted octanol–water partition coefficient (Wildman–Crippen LogP) is 3.37. The fourth-order valence-corrected chi connectivity index (χ4v) is 3.78. The van der Waals surface area contributed by atoms with E-state index in [0.29, 0.717) is 27.5 Å². The van der Waals surface area contributed by atoms with Gasteiger partial charge >= 0.3 is 6.09 Å². The molecule has 32 heavy (non-hydrogen) atoms. The first-order valence-electron chi connectivity index (χ1n) is 9.78. The lowest BCUT2D eigenvalue weighted by Gasteiger charge is -2.09. The van der Waals surface area contributed by atoms with Gasteiger partial charge in [0.2, 0.25) is 11.7 Å². The average molecular weight is 449 g/mol. The Bertz CT molecular complexity index is 1280. The van der Waals surface area contributed by atoms with Crippen molar-refractivity contribution in [3.8, 4) is 11.3 Å². The van der Waals surface area contributed by atoms with Crippen LogP contribution in [-0.4, -0.2) is 45.5 Å². The normalized spacial score (nSPS) is 10.7. The molecule has 0 spiro atoms. The quantitative estimate of drug-likeness (QED) is 0.418. The van der Waals surface area contributed by atoms with Gasteiger partial charge in [-0.3, -0.25) is 9.59 Å². The standard InChI is InChI=1S/C22H19N5O4S/c1-2-31-22(30)24-13-19(28)26-15-6-3-5-14(11-15)17-8-9-23-21-16(12-25-27(17)21)20(29)18-7-4-10-32-18/h3-12H,2,13H2,1H3,(H,24,30)(H,26,28). The van der Waals surface area contributed by atoms with E-state index < -0.39 is 12.0 Å². The van der Waals surface area contributed by atoms with Crippen LogP contribution in [0.15, 0.2) is 60.2 Å². The van der Waals surface area contributed by atoms with Crippen molar-refractivity contribution in [1.82, 2.24) is 19.9 Å². The molecule has 0 atom stereocenters. The Balaban J connectivity index is 1.57. The van der Waals surface area contributed by atoms with Gasteiger partial charge in [-0.1, -0.05) is 18.2 Å². The van der Waals surface area contributed by atoms with Gasteiger partial charge < -0.3 is 15.4 Å². The van der Waals surface area contributed by atoms with Crippen LogP contribution in [0, 0.1) is 0 Å². The highest BCUT2D eigenvalue weighted by Gasteiger charge is 2.18. The Morgan fingerprint density at radius 2 is 2.03 bits per heavy atom. The lowest BCUT2D eigenvalue weighted by atomic mass is 10.1. The maximum Gasteiger partial charge on any atom is 0.407 e. The Morgan fingerprint density at radius 3 is 2.81 bits per heavy atom.